The number of thiazole rings is 1. The molecule has 0 aliphatic rings. The van der Waals surface area contributed by atoms with E-state index in [1.54, 1.807) is 11.3 Å². The van der Waals surface area contributed by atoms with Crippen molar-refractivity contribution >= 4 is 33.0 Å². The zero-order valence-electron chi connectivity index (χ0n) is 16.5. The van der Waals surface area contributed by atoms with Crippen LogP contribution < -0.4 is 4.80 Å². The van der Waals surface area contributed by atoms with Crippen LogP contribution in [0.5, 0.6) is 0 Å². The highest BCUT2D eigenvalue weighted by Gasteiger charge is 2.09. The summed E-state index contributed by atoms with van der Waals surface area (Å²) < 4.78 is 5.53. The summed E-state index contributed by atoms with van der Waals surface area (Å²) in [5.41, 5.74) is 5.87. The Labute approximate surface area is 183 Å². The fourth-order valence-electron chi connectivity index (χ4n) is 3.47. The molecule has 0 aliphatic carbocycles. The normalized spacial score (nSPS) is 11.9. The Morgan fingerprint density at radius 1 is 1.07 bits per heavy atom. The second-order valence-corrected chi connectivity index (χ2v) is 8.93. The molecule has 0 N–H and O–H groups in total. The van der Waals surface area contributed by atoms with Gasteiger partial charge < -0.3 is 9.13 Å². The van der Waals surface area contributed by atoms with E-state index < -0.39 is 0 Å². The lowest BCUT2D eigenvalue weighted by Gasteiger charge is -2.10. The number of hydrogen-bond acceptors (Lipinski definition) is 3. The molecule has 0 radical (unpaired) electrons. The van der Waals surface area contributed by atoms with Gasteiger partial charge in [0, 0.05) is 40.9 Å². The Kier molecular flexibility index (Phi) is 6.11. The zero-order chi connectivity index (χ0) is 20.2. The van der Waals surface area contributed by atoms with Crippen molar-refractivity contribution in [1.29, 1.82) is 0 Å². The van der Waals surface area contributed by atoms with Gasteiger partial charge in [0.25, 0.3) is 0 Å². The largest absolute Gasteiger partial charge is 0.337 e. The van der Waals surface area contributed by atoms with Crippen molar-refractivity contribution in [2.24, 2.45) is 4.99 Å². The Bertz CT molecular complexity index is 1150. The van der Waals surface area contributed by atoms with Crippen molar-refractivity contribution in [3.63, 3.8) is 0 Å². The van der Waals surface area contributed by atoms with Gasteiger partial charge in [-0.15, -0.1) is 11.3 Å². The summed E-state index contributed by atoms with van der Waals surface area (Å²) in [6, 6.07) is 14.9. The van der Waals surface area contributed by atoms with Crippen LogP contribution in [0, 0.1) is 13.8 Å². The van der Waals surface area contributed by atoms with Gasteiger partial charge in [-0.25, -0.2) is 9.98 Å². The predicted octanol–water partition coefficient (Wildman–Crippen LogP) is 6.12. The third kappa shape index (κ3) is 4.95. The van der Waals surface area contributed by atoms with Gasteiger partial charge in [0.15, 0.2) is 4.80 Å². The van der Waals surface area contributed by atoms with Crippen LogP contribution in [0.15, 0.2) is 76.0 Å². The topological polar surface area (TPSA) is 35.1 Å². The van der Waals surface area contributed by atoms with E-state index in [4.69, 9.17) is 4.99 Å². The van der Waals surface area contributed by atoms with E-state index in [0.29, 0.717) is 0 Å². The van der Waals surface area contributed by atoms with Gasteiger partial charge >= 0.3 is 0 Å². The summed E-state index contributed by atoms with van der Waals surface area (Å²) in [4.78, 5) is 10.2. The highest BCUT2D eigenvalue weighted by Crippen LogP contribution is 2.25. The third-order valence-electron chi connectivity index (χ3n) is 4.71. The van der Waals surface area contributed by atoms with E-state index >= 15 is 0 Å². The number of nitrogens with zero attached hydrogens (tertiary/aromatic N) is 4. The van der Waals surface area contributed by atoms with Crippen LogP contribution in [0.25, 0.3) is 11.3 Å². The molecular formula is C23H23BrN4S. The molecular weight excluding hydrogens is 444 g/mol. The minimum atomic E-state index is 0.896. The van der Waals surface area contributed by atoms with Crippen LogP contribution in [0.4, 0.5) is 5.69 Å². The average Bonchev–Trinajstić information content (AvgIpc) is 3.32. The van der Waals surface area contributed by atoms with Gasteiger partial charge in [-0.1, -0.05) is 34.1 Å². The van der Waals surface area contributed by atoms with Gasteiger partial charge in [-0.2, -0.15) is 0 Å². The third-order valence-corrected chi connectivity index (χ3v) is 6.06. The molecule has 4 rings (SSSR count). The lowest BCUT2D eigenvalue weighted by Crippen LogP contribution is -2.17. The molecule has 0 spiro atoms. The summed E-state index contributed by atoms with van der Waals surface area (Å²) in [6.07, 6.45) is 6.71. The summed E-state index contributed by atoms with van der Waals surface area (Å²) in [7, 11) is 0. The molecule has 0 aliphatic heterocycles. The van der Waals surface area contributed by atoms with E-state index in [-0.39, 0.29) is 0 Å². The first-order valence-corrected chi connectivity index (χ1v) is 11.3. The van der Waals surface area contributed by atoms with Gasteiger partial charge in [0.2, 0.25) is 0 Å². The Morgan fingerprint density at radius 3 is 2.62 bits per heavy atom. The van der Waals surface area contributed by atoms with Crippen LogP contribution in [-0.4, -0.2) is 14.1 Å². The molecule has 0 saturated carbocycles. The van der Waals surface area contributed by atoms with E-state index in [9.17, 15) is 0 Å². The first-order valence-electron chi connectivity index (χ1n) is 9.61. The van der Waals surface area contributed by atoms with Crippen LogP contribution in [-0.2, 0) is 13.1 Å². The first-order chi connectivity index (χ1) is 14.1. The second-order valence-electron chi connectivity index (χ2n) is 7.18. The maximum Gasteiger partial charge on any atom is 0.190 e. The van der Waals surface area contributed by atoms with Crippen molar-refractivity contribution in [2.75, 3.05) is 0 Å². The Morgan fingerprint density at radius 2 is 1.90 bits per heavy atom. The smallest absolute Gasteiger partial charge is 0.190 e. The number of hydrogen-bond donors (Lipinski definition) is 0. The van der Waals surface area contributed by atoms with Crippen molar-refractivity contribution in [2.45, 2.75) is 33.4 Å². The van der Waals surface area contributed by atoms with Crippen LogP contribution in [0.3, 0.4) is 0 Å². The van der Waals surface area contributed by atoms with E-state index in [1.165, 1.54) is 22.4 Å². The molecule has 0 unspecified atom stereocenters. The number of benzene rings is 2. The highest BCUT2D eigenvalue weighted by molar-refractivity contribution is 9.10. The molecule has 2 aromatic carbocycles. The molecule has 0 saturated heterocycles. The van der Waals surface area contributed by atoms with E-state index in [0.717, 1.165) is 34.5 Å². The van der Waals surface area contributed by atoms with E-state index in [2.05, 4.69) is 91.7 Å². The van der Waals surface area contributed by atoms with Crippen LogP contribution in [0.1, 0.15) is 17.5 Å². The van der Waals surface area contributed by atoms with E-state index in [1.807, 2.05) is 18.7 Å². The molecule has 0 fully saturated rings. The maximum atomic E-state index is 5.00. The maximum absolute atomic E-state index is 5.00. The quantitative estimate of drug-likeness (QED) is 0.337. The molecule has 2 heterocycles. The van der Waals surface area contributed by atoms with Crippen molar-refractivity contribution in [3.8, 4) is 11.3 Å². The lowest BCUT2D eigenvalue weighted by molar-refractivity contribution is 0.559. The van der Waals surface area contributed by atoms with Crippen LogP contribution in [0.2, 0.25) is 0 Å². The highest BCUT2D eigenvalue weighted by atomic mass is 79.9. The molecule has 4 aromatic rings. The number of rotatable bonds is 6. The Balaban J connectivity index is 1.73. The summed E-state index contributed by atoms with van der Waals surface area (Å²) in [5.74, 6) is 0. The average molecular weight is 467 g/mol. The standard InChI is InChI=1S/C23H23BrN4S/c1-17-11-18(2)13-21(12-17)26-23-28(9-4-8-27-10-7-25-16-27)22(15-29-23)19-5-3-6-20(24)14-19/h3,5-7,10-16H,4,8-9H2,1-2H3. The predicted molar refractivity (Wildman–Crippen MR) is 123 cm³/mol. The fourth-order valence-corrected chi connectivity index (χ4v) is 4.82. The van der Waals surface area contributed by atoms with Gasteiger partial charge in [0.05, 0.1) is 17.7 Å². The number of imidazole rings is 1. The van der Waals surface area contributed by atoms with Crippen molar-refractivity contribution in [3.05, 3.63) is 87.0 Å². The number of aryl methyl sites for hydroxylation is 3. The van der Waals surface area contributed by atoms with Crippen molar-refractivity contribution < 1.29 is 0 Å². The zero-order valence-corrected chi connectivity index (χ0v) is 18.9. The first kappa shape index (κ1) is 19.9. The lowest BCUT2D eigenvalue weighted by atomic mass is 10.1. The minimum Gasteiger partial charge on any atom is -0.337 e. The van der Waals surface area contributed by atoms with Crippen LogP contribution >= 0.6 is 27.3 Å². The molecule has 0 atom stereocenters. The molecule has 6 heteroatoms. The molecule has 29 heavy (non-hydrogen) atoms. The molecule has 0 amide bonds. The van der Waals surface area contributed by atoms with Crippen molar-refractivity contribution in [1.82, 2.24) is 14.1 Å². The minimum absolute atomic E-state index is 0.896. The van der Waals surface area contributed by atoms with Gasteiger partial charge in [0.1, 0.15) is 0 Å². The molecule has 0 bridgehead atoms. The summed E-state index contributed by atoms with van der Waals surface area (Å²) in [5, 5.41) is 2.21. The molecule has 4 nitrogen and oxygen atoms in total. The van der Waals surface area contributed by atoms with Gasteiger partial charge in [-0.05, 0) is 55.7 Å². The Hall–Kier alpha value is -2.44. The monoisotopic (exact) mass is 466 g/mol. The number of halogens is 1. The summed E-state index contributed by atoms with van der Waals surface area (Å²) >= 11 is 5.29. The molecule has 148 valence electrons. The second kappa shape index (κ2) is 8.93. The summed E-state index contributed by atoms with van der Waals surface area (Å²) in [6.45, 7) is 6.07. The number of aromatic nitrogens is 3. The SMILES string of the molecule is Cc1cc(C)cc(N=c2scc(-c3cccc(Br)c3)n2CCCn2ccnc2)c1. The molecule has 2 aromatic heterocycles. The fraction of sp³-hybridized carbons (Fsp3) is 0.217. The van der Waals surface area contributed by atoms with Gasteiger partial charge in [-0.3, -0.25) is 0 Å².